The number of hydrogen-bond donors (Lipinski definition) is 0. The standard InChI is InChI=1S/C31H27NO3/c1-19-17-20(2)35-31(34-19)21(3)32-16-15-23(22-9-5-4-6-10-22)18-27(32)29-26(31)14-13-25-24-11-7-8-12-28(24)33-30(25)29/h4-9,11-19,22,27H,3,10H2,1-2H3. The molecule has 1 aliphatic carbocycles. The third kappa shape index (κ3) is 2.90. The molecule has 4 heteroatoms. The first kappa shape index (κ1) is 20.6. The Hall–Kier alpha value is -3.76. The van der Waals surface area contributed by atoms with Crippen molar-refractivity contribution in [3.63, 3.8) is 0 Å². The Bertz CT molecular complexity index is 1550. The summed E-state index contributed by atoms with van der Waals surface area (Å²) in [7, 11) is 0. The Morgan fingerprint density at radius 2 is 1.94 bits per heavy atom. The van der Waals surface area contributed by atoms with E-state index in [1.54, 1.807) is 0 Å². The molecule has 2 aromatic carbocycles. The molecule has 0 bridgehead atoms. The van der Waals surface area contributed by atoms with Crippen molar-refractivity contribution in [1.29, 1.82) is 0 Å². The van der Waals surface area contributed by atoms with E-state index in [9.17, 15) is 0 Å². The minimum absolute atomic E-state index is 0.0691. The zero-order valence-electron chi connectivity index (χ0n) is 19.9. The number of benzene rings is 2. The fourth-order valence-electron chi connectivity index (χ4n) is 6.00. The van der Waals surface area contributed by atoms with E-state index < -0.39 is 5.79 Å². The normalized spacial score (nSPS) is 29.3. The van der Waals surface area contributed by atoms with Crippen LogP contribution in [0.25, 0.3) is 21.9 Å². The zero-order chi connectivity index (χ0) is 23.7. The van der Waals surface area contributed by atoms with Crippen LogP contribution in [0.5, 0.6) is 0 Å². The van der Waals surface area contributed by atoms with Crippen LogP contribution in [0.4, 0.5) is 0 Å². The van der Waals surface area contributed by atoms with E-state index in [0.29, 0.717) is 5.92 Å². The van der Waals surface area contributed by atoms with Crippen LogP contribution in [0.2, 0.25) is 0 Å². The van der Waals surface area contributed by atoms with E-state index in [1.807, 2.05) is 32.1 Å². The van der Waals surface area contributed by atoms with Crippen LogP contribution in [0.1, 0.15) is 37.4 Å². The molecule has 1 aromatic heterocycles. The topological polar surface area (TPSA) is 34.8 Å². The van der Waals surface area contributed by atoms with Crippen molar-refractivity contribution in [2.75, 3.05) is 0 Å². The largest absolute Gasteiger partial charge is 0.457 e. The first-order chi connectivity index (χ1) is 17.0. The molecule has 35 heavy (non-hydrogen) atoms. The molecule has 3 aliphatic heterocycles. The highest BCUT2D eigenvalue weighted by Crippen LogP contribution is 2.54. The van der Waals surface area contributed by atoms with Gasteiger partial charge in [0.05, 0.1) is 23.6 Å². The van der Waals surface area contributed by atoms with Gasteiger partial charge in [-0.1, -0.05) is 61.2 Å². The molecule has 4 atom stereocenters. The Morgan fingerprint density at radius 3 is 2.77 bits per heavy atom. The molecule has 0 saturated heterocycles. The fourth-order valence-corrected chi connectivity index (χ4v) is 6.00. The average Bonchev–Trinajstić information content (AvgIpc) is 3.25. The van der Waals surface area contributed by atoms with Gasteiger partial charge in [-0.15, -0.1) is 0 Å². The quantitative estimate of drug-likeness (QED) is 0.375. The zero-order valence-corrected chi connectivity index (χ0v) is 19.9. The summed E-state index contributed by atoms with van der Waals surface area (Å²) in [5.41, 5.74) is 5.86. The van der Waals surface area contributed by atoms with Gasteiger partial charge >= 0.3 is 0 Å². The monoisotopic (exact) mass is 461 g/mol. The molecule has 0 amide bonds. The summed E-state index contributed by atoms with van der Waals surface area (Å²) in [5.74, 6) is 0.0732. The van der Waals surface area contributed by atoms with Crippen LogP contribution in [-0.2, 0) is 15.3 Å². The number of allylic oxidation sites excluding steroid dienone is 7. The highest BCUT2D eigenvalue weighted by molar-refractivity contribution is 6.06. The van der Waals surface area contributed by atoms with Crippen LogP contribution in [0.3, 0.4) is 0 Å². The van der Waals surface area contributed by atoms with Gasteiger partial charge in [-0.2, -0.15) is 0 Å². The van der Waals surface area contributed by atoms with Crippen molar-refractivity contribution in [3.8, 4) is 0 Å². The predicted molar refractivity (Wildman–Crippen MR) is 138 cm³/mol. The number of nitrogens with zero attached hydrogens (tertiary/aromatic N) is 1. The molecular weight excluding hydrogens is 434 g/mol. The molecule has 3 aromatic rings. The van der Waals surface area contributed by atoms with Crippen molar-refractivity contribution in [2.45, 2.75) is 38.2 Å². The second-order valence-electron chi connectivity index (χ2n) is 9.76. The second-order valence-corrected chi connectivity index (χ2v) is 9.76. The van der Waals surface area contributed by atoms with Crippen LogP contribution in [-0.4, -0.2) is 11.0 Å². The van der Waals surface area contributed by atoms with Crippen molar-refractivity contribution in [2.24, 2.45) is 5.92 Å². The summed E-state index contributed by atoms with van der Waals surface area (Å²) in [5, 5.41) is 2.21. The van der Waals surface area contributed by atoms with E-state index >= 15 is 0 Å². The van der Waals surface area contributed by atoms with Gasteiger partial charge < -0.3 is 18.8 Å². The first-order valence-electron chi connectivity index (χ1n) is 12.3. The minimum atomic E-state index is -1.11. The van der Waals surface area contributed by atoms with E-state index in [1.165, 1.54) is 5.57 Å². The molecule has 0 radical (unpaired) electrons. The predicted octanol–water partition coefficient (Wildman–Crippen LogP) is 7.53. The molecule has 0 saturated carbocycles. The highest BCUT2D eigenvalue weighted by atomic mass is 16.7. The van der Waals surface area contributed by atoms with Gasteiger partial charge in [0.2, 0.25) is 0 Å². The highest BCUT2D eigenvalue weighted by Gasteiger charge is 2.53. The Morgan fingerprint density at radius 1 is 1.06 bits per heavy atom. The van der Waals surface area contributed by atoms with Gasteiger partial charge in [-0.3, -0.25) is 0 Å². The molecule has 174 valence electrons. The summed E-state index contributed by atoms with van der Waals surface area (Å²) in [6.45, 7) is 8.54. The smallest absolute Gasteiger partial charge is 0.279 e. The van der Waals surface area contributed by atoms with Crippen molar-refractivity contribution >= 4 is 21.9 Å². The lowest BCUT2D eigenvalue weighted by Crippen LogP contribution is -2.49. The van der Waals surface area contributed by atoms with E-state index in [0.717, 1.165) is 50.9 Å². The van der Waals surface area contributed by atoms with Crippen molar-refractivity contribution < 1.29 is 13.9 Å². The summed E-state index contributed by atoms with van der Waals surface area (Å²) in [6, 6.07) is 12.4. The Kier molecular flexibility index (Phi) is 4.34. The number of para-hydroxylation sites is 1. The van der Waals surface area contributed by atoms with Crippen molar-refractivity contribution in [1.82, 2.24) is 4.90 Å². The molecule has 7 rings (SSSR count). The van der Waals surface area contributed by atoms with E-state index in [4.69, 9.17) is 13.9 Å². The molecule has 4 nitrogen and oxygen atoms in total. The van der Waals surface area contributed by atoms with Gasteiger partial charge in [0.1, 0.15) is 11.2 Å². The summed E-state index contributed by atoms with van der Waals surface area (Å²) in [6.07, 6.45) is 18.3. The van der Waals surface area contributed by atoms with Gasteiger partial charge in [-0.05, 0) is 50.1 Å². The van der Waals surface area contributed by atoms with Gasteiger partial charge in [-0.25, -0.2) is 0 Å². The Balaban J connectivity index is 1.51. The number of hydrogen-bond acceptors (Lipinski definition) is 4. The first-order valence-corrected chi connectivity index (χ1v) is 12.3. The Labute approximate surface area is 204 Å². The van der Waals surface area contributed by atoms with Gasteiger partial charge in [0, 0.05) is 34.0 Å². The third-order valence-corrected chi connectivity index (χ3v) is 7.54. The molecule has 0 N–H and O–H groups in total. The lowest BCUT2D eigenvalue weighted by atomic mass is 9.80. The maximum atomic E-state index is 6.58. The number of rotatable bonds is 1. The number of furan rings is 1. The molecule has 4 unspecified atom stereocenters. The van der Waals surface area contributed by atoms with E-state index in [2.05, 4.69) is 78.4 Å². The second kappa shape index (κ2) is 7.37. The lowest BCUT2D eigenvalue weighted by molar-refractivity contribution is -0.239. The number of fused-ring (bicyclic) bond motifs is 8. The molecular formula is C31H27NO3. The number of ether oxygens (including phenoxy) is 2. The summed E-state index contributed by atoms with van der Waals surface area (Å²) < 4.78 is 19.6. The summed E-state index contributed by atoms with van der Waals surface area (Å²) >= 11 is 0. The van der Waals surface area contributed by atoms with Crippen LogP contribution in [0, 0.1) is 5.92 Å². The molecule has 4 heterocycles. The molecule has 1 spiro atoms. The fraction of sp³-hybridized carbons (Fsp3) is 0.226. The maximum Gasteiger partial charge on any atom is 0.279 e. The van der Waals surface area contributed by atoms with Crippen LogP contribution < -0.4 is 0 Å². The summed E-state index contributed by atoms with van der Waals surface area (Å²) in [4.78, 5) is 2.19. The average molecular weight is 462 g/mol. The lowest BCUT2D eigenvalue weighted by Gasteiger charge is -2.50. The minimum Gasteiger partial charge on any atom is -0.457 e. The maximum absolute atomic E-state index is 6.58. The molecule has 4 aliphatic rings. The molecule has 0 fully saturated rings. The van der Waals surface area contributed by atoms with Gasteiger partial charge in [0.25, 0.3) is 5.79 Å². The third-order valence-electron chi connectivity index (χ3n) is 7.54. The van der Waals surface area contributed by atoms with E-state index in [-0.39, 0.29) is 12.1 Å². The van der Waals surface area contributed by atoms with Crippen LogP contribution in [0.15, 0.2) is 113 Å². The van der Waals surface area contributed by atoms with Gasteiger partial charge in [0.15, 0.2) is 0 Å². The SMILES string of the molecule is C=C1N2C=CC(C3C=CC=CC3)=CC2c2c(ccc3c2oc2ccccc23)C12OC(C)=CC(C)O2. The van der Waals surface area contributed by atoms with Crippen molar-refractivity contribution in [3.05, 3.63) is 120 Å². The van der Waals surface area contributed by atoms with Crippen LogP contribution >= 0.6 is 0 Å².